The first kappa shape index (κ1) is 12.6. The average molecular weight is 277 g/mol. The number of aryl methyl sites for hydroxylation is 1. The van der Waals surface area contributed by atoms with E-state index in [4.69, 9.17) is 0 Å². The molecule has 5 heteroatoms. The molecular formula is C14H15NO3S. The molecule has 0 spiro atoms. The number of carbonyl (C=O) groups is 1. The van der Waals surface area contributed by atoms with Crippen LogP contribution >= 0.6 is 0 Å². The van der Waals surface area contributed by atoms with E-state index in [1.54, 1.807) is 30.3 Å². The first-order valence-electron chi connectivity index (χ1n) is 6.27. The third-order valence-corrected chi connectivity index (χ3v) is 5.59. The smallest absolute Gasteiger partial charge is 0.243 e. The highest BCUT2D eigenvalue weighted by Gasteiger charge is 2.39. The number of sulfonamides is 1. The molecule has 4 nitrogen and oxygen atoms in total. The number of ketones is 1. The second-order valence-corrected chi connectivity index (χ2v) is 7.14. The van der Waals surface area contributed by atoms with Crippen molar-refractivity contribution in [1.82, 2.24) is 4.31 Å². The first-order chi connectivity index (χ1) is 8.96. The van der Waals surface area contributed by atoms with Gasteiger partial charge in [0.15, 0.2) is 5.78 Å². The van der Waals surface area contributed by atoms with E-state index in [1.807, 2.05) is 6.92 Å². The molecule has 1 aliphatic carbocycles. The second kappa shape index (κ2) is 4.28. The maximum absolute atomic E-state index is 12.5. The maximum atomic E-state index is 12.5. The summed E-state index contributed by atoms with van der Waals surface area (Å²) in [5.41, 5.74) is 1.99. The van der Waals surface area contributed by atoms with Crippen molar-refractivity contribution < 1.29 is 13.2 Å². The van der Waals surface area contributed by atoms with E-state index < -0.39 is 10.0 Å². The van der Waals surface area contributed by atoms with Crippen LogP contribution in [0.5, 0.6) is 0 Å². The number of allylic oxidation sites excluding steroid dienone is 1. The summed E-state index contributed by atoms with van der Waals surface area (Å²) >= 11 is 0. The lowest BCUT2D eigenvalue weighted by Gasteiger charge is -2.16. The van der Waals surface area contributed by atoms with Crippen LogP contribution in [0.15, 0.2) is 40.8 Å². The highest BCUT2D eigenvalue weighted by Crippen LogP contribution is 2.34. The molecule has 0 N–H and O–H groups in total. The van der Waals surface area contributed by atoms with Gasteiger partial charge in [-0.25, -0.2) is 8.42 Å². The van der Waals surface area contributed by atoms with E-state index in [-0.39, 0.29) is 11.7 Å². The summed E-state index contributed by atoms with van der Waals surface area (Å²) in [5.74, 6) is 0.208. The zero-order valence-corrected chi connectivity index (χ0v) is 11.5. The van der Waals surface area contributed by atoms with E-state index >= 15 is 0 Å². The first-order valence-corrected chi connectivity index (χ1v) is 7.71. The highest BCUT2D eigenvalue weighted by atomic mass is 32.2. The molecule has 0 bridgehead atoms. The van der Waals surface area contributed by atoms with Crippen molar-refractivity contribution in [2.45, 2.75) is 18.2 Å². The van der Waals surface area contributed by atoms with Crippen molar-refractivity contribution >= 4 is 15.8 Å². The van der Waals surface area contributed by atoms with Gasteiger partial charge in [0, 0.05) is 25.4 Å². The van der Waals surface area contributed by atoms with Gasteiger partial charge in [-0.15, -0.1) is 0 Å². The quantitative estimate of drug-likeness (QED) is 0.823. The van der Waals surface area contributed by atoms with Gasteiger partial charge in [-0.1, -0.05) is 17.7 Å². The summed E-state index contributed by atoms with van der Waals surface area (Å²) < 4.78 is 26.4. The fourth-order valence-electron chi connectivity index (χ4n) is 2.67. The minimum Gasteiger partial charge on any atom is -0.295 e. The topological polar surface area (TPSA) is 54.5 Å². The Kier molecular flexibility index (Phi) is 2.83. The lowest BCUT2D eigenvalue weighted by Crippen LogP contribution is -2.29. The molecule has 1 saturated heterocycles. The summed E-state index contributed by atoms with van der Waals surface area (Å²) in [4.78, 5) is 11.6. The fraction of sp³-hybridized carbons (Fsp3) is 0.357. The van der Waals surface area contributed by atoms with E-state index in [0.29, 0.717) is 24.4 Å². The van der Waals surface area contributed by atoms with Gasteiger partial charge in [0.25, 0.3) is 0 Å². The van der Waals surface area contributed by atoms with Gasteiger partial charge >= 0.3 is 0 Å². The van der Waals surface area contributed by atoms with E-state index in [0.717, 1.165) is 11.1 Å². The number of hydrogen-bond donors (Lipinski definition) is 0. The van der Waals surface area contributed by atoms with Crippen LogP contribution in [0.2, 0.25) is 0 Å². The maximum Gasteiger partial charge on any atom is 0.243 e. The number of fused-ring (bicyclic) bond motifs is 1. The highest BCUT2D eigenvalue weighted by molar-refractivity contribution is 7.89. The summed E-state index contributed by atoms with van der Waals surface area (Å²) in [7, 11) is -3.43. The van der Waals surface area contributed by atoms with Crippen molar-refractivity contribution in [1.29, 1.82) is 0 Å². The molecule has 2 aliphatic rings. The van der Waals surface area contributed by atoms with Crippen LogP contribution in [0, 0.1) is 12.8 Å². The van der Waals surface area contributed by atoms with Gasteiger partial charge in [0.1, 0.15) is 0 Å². The van der Waals surface area contributed by atoms with Crippen LogP contribution in [0.3, 0.4) is 0 Å². The number of rotatable bonds is 2. The van der Waals surface area contributed by atoms with Crippen LogP contribution in [0.25, 0.3) is 0 Å². The molecule has 3 rings (SSSR count). The van der Waals surface area contributed by atoms with Crippen molar-refractivity contribution in [3.63, 3.8) is 0 Å². The number of benzene rings is 1. The standard InChI is InChI=1S/C14H15NO3S/c1-10-2-4-14(5-3-10)19(17,18)15-8-11-6-13(16)7-12(11)9-15/h2-6,12H,7-9H2,1H3/t12-/m1/s1. The van der Waals surface area contributed by atoms with Crippen LogP contribution < -0.4 is 0 Å². The van der Waals surface area contributed by atoms with Gasteiger partial charge in [-0.3, -0.25) is 4.79 Å². The second-order valence-electron chi connectivity index (χ2n) is 5.20. The van der Waals surface area contributed by atoms with Crippen LogP contribution in [-0.4, -0.2) is 31.6 Å². The molecule has 0 radical (unpaired) electrons. The molecule has 100 valence electrons. The van der Waals surface area contributed by atoms with Crippen LogP contribution in [0.1, 0.15) is 12.0 Å². The zero-order valence-electron chi connectivity index (χ0n) is 10.7. The van der Waals surface area contributed by atoms with Gasteiger partial charge < -0.3 is 0 Å². The zero-order chi connectivity index (χ0) is 13.6. The summed E-state index contributed by atoms with van der Waals surface area (Å²) in [6, 6.07) is 6.87. The molecule has 1 aliphatic heterocycles. The number of nitrogens with zero attached hydrogens (tertiary/aromatic N) is 1. The average Bonchev–Trinajstić information content (AvgIpc) is 2.87. The van der Waals surface area contributed by atoms with Gasteiger partial charge in [-0.2, -0.15) is 4.31 Å². The van der Waals surface area contributed by atoms with Crippen LogP contribution in [-0.2, 0) is 14.8 Å². The third kappa shape index (κ3) is 2.13. The number of hydrogen-bond acceptors (Lipinski definition) is 3. The minimum atomic E-state index is -3.43. The summed E-state index contributed by atoms with van der Waals surface area (Å²) in [5, 5.41) is 0. The monoisotopic (exact) mass is 277 g/mol. The Hall–Kier alpha value is -1.46. The Morgan fingerprint density at radius 2 is 1.89 bits per heavy atom. The van der Waals surface area contributed by atoms with Crippen molar-refractivity contribution in [3.05, 3.63) is 41.5 Å². The van der Waals surface area contributed by atoms with Crippen molar-refractivity contribution in [2.75, 3.05) is 13.1 Å². The fourth-order valence-corrected chi connectivity index (χ4v) is 4.14. The molecule has 1 fully saturated rings. The lowest BCUT2D eigenvalue weighted by molar-refractivity contribution is -0.114. The molecule has 19 heavy (non-hydrogen) atoms. The molecule has 1 atom stereocenters. The normalized spacial score (nSPS) is 23.5. The Bertz CT molecular complexity index is 658. The van der Waals surface area contributed by atoms with Crippen LogP contribution in [0.4, 0.5) is 0 Å². The van der Waals surface area contributed by atoms with Crippen molar-refractivity contribution in [3.8, 4) is 0 Å². The Morgan fingerprint density at radius 3 is 2.53 bits per heavy atom. The molecule has 0 aromatic heterocycles. The molecule has 0 amide bonds. The Labute approximate surface area is 112 Å². The molecular weight excluding hydrogens is 262 g/mol. The van der Waals surface area contributed by atoms with E-state index in [1.165, 1.54) is 4.31 Å². The lowest BCUT2D eigenvalue weighted by atomic mass is 10.1. The summed E-state index contributed by atoms with van der Waals surface area (Å²) in [6.45, 7) is 2.70. The summed E-state index contributed by atoms with van der Waals surface area (Å²) in [6.07, 6.45) is 2.06. The van der Waals surface area contributed by atoms with Gasteiger partial charge in [0.05, 0.1) is 4.90 Å². The minimum absolute atomic E-state index is 0.0905. The molecule has 1 heterocycles. The molecule has 0 unspecified atom stereocenters. The van der Waals surface area contributed by atoms with Crippen molar-refractivity contribution in [2.24, 2.45) is 5.92 Å². The molecule has 1 aromatic carbocycles. The molecule has 1 aromatic rings. The third-order valence-electron chi connectivity index (χ3n) is 3.76. The molecule has 0 saturated carbocycles. The van der Waals surface area contributed by atoms with Gasteiger partial charge in [-0.05, 0) is 30.7 Å². The Balaban J connectivity index is 1.89. The predicted molar refractivity (Wildman–Crippen MR) is 71.1 cm³/mol. The van der Waals surface area contributed by atoms with Gasteiger partial charge in [0.2, 0.25) is 10.0 Å². The van der Waals surface area contributed by atoms with E-state index in [9.17, 15) is 13.2 Å². The predicted octanol–water partition coefficient (Wildman–Crippen LogP) is 1.51. The number of carbonyl (C=O) groups excluding carboxylic acids is 1. The van der Waals surface area contributed by atoms with E-state index in [2.05, 4.69) is 0 Å². The Morgan fingerprint density at radius 1 is 1.21 bits per heavy atom. The largest absolute Gasteiger partial charge is 0.295 e. The SMILES string of the molecule is Cc1ccc(S(=O)(=O)N2CC3=CC(=O)C[C@@H]3C2)cc1.